The quantitative estimate of drug-likeness (QED) is 0.779. The monoisotopic (exact) mass is 256 g/mol. The number of nitrogens with one attached hydrogen (secondary N) is 1. The molecule has 0 aromatic heterocycles. The number of rotatable bonds is 4. The topological polar surface area (TPSA) is 75.4 Å². The molecule has 2 aromatic rings. The van der Waals surface area contributed by atoms with Crippen LogP contribution in [-0.2, 0) is 11.3 Å². The predicted octanol–water partition coefficient (Wildman–Crippen LogP) is 1.71. The van der Waals surface area contributed by atoms with Gasteiger partial charge >= 0.3 is 0 Å². The smallest absolute Gasteiger partial charge is 0.241 e. The SMILES string of the molecule is N[C@@H](C(=O)NCc1ccccc1O)c1ccccc1. The molecule has 0 radical (unpaired) electrons. The lowest BCUT2D eigenvalue weighted by Crippen LogP contribution is -2.33. The predicted molar refractivity (Wildman–Crippen MR) is 73.3 cm³/mol. The molecule has 0 saturated carbocycles. The Morgan fingerprint density at radius 3 is 2.42 bits per heavy atom. The molecule has 0 aliphatic heterocycles. The van der Waals surface area contributed by atoms with Crippen molar-refractivity contribution >= 4 is 5.91 Å². The van der Waals surface area contributed by atoms with Crippen molar-refractivity contribution < 1.29 is 9.90 Å². The summed E-state index contributed by atoms with van der Waals surface area (Å²) in [4.78, 5) is 11.9. The Bertz CT molecular complexity index is 555. The summed E-state index contributed by atoms with van der Waals surface area (Å²) in [5.41, 5.74) is 7.29. The van der Waals surface area contributed by atoms with Crippen LogP contribution in [0.3, 0.4) is 0 Å². The van der Waals surface area contributed by atoms with Crippen LogP contribution < -0.4 is 11.1 Å². The van der Waals surface area contributed by atoms with Crippen molar-refractivity contribution in [3.63, 3.8) is 0 Å². The van der Waals surface area contributed by atoms with Gasteiger partial charge in [-0.15, -0.1) is 0 Å². The highest BCUT2D eigenvalue weighted by Crippen LogP contribution is 2.15. The Balaban J connectivity index is 1.97. The molecule has 4 N–H and O–H groups in total. The summed E-state index contributed by atoms with van der Waals surface area (Å²) in [5.74, 6) is -0.106. The molecule has 0 aliphatic carbocycles. The van der Waals surface area contributed by atoms with Gasteiger partial charge in [0.25, 0.3) is 0 Å². The van der Waals surface area contributed by atoms with E-state index in [2.05, 4.69) is 5.32 Å². The zero-order valence-corrected chi connectivity index (χ0v) is 10.4. The maximum atomic E-state index is 11.9. The summed E-state index contributed by atoms with van der Waals surface area (Å²) in [7, 11) is 0. The van der Waals surface area contributed by atoms with Gasteiger partial charge in [-0.1, -0.05) is 48.5 Å². The molecule has 4 nitrogen and oxygen atoms in total. The lowest BCUT2D eigenvalue weighted by Gasteiger charge is -2.13. The molecule has 0 aliphatic rings. The molecule has 1 atom stereocenters. The van der Waals surface area contributed by atoms with Crippen molar-refractivity contribution in [1.82, 2.24) is 5.32 Å². The van der Waals surface area contributed by atoms with Crippen LogP contribution in [0.25, 0.3) is 0 Å². The molecule has 0 saturated heterocycles. The van der Waals surface area contributed by atoms with E-state index in [0.29, 0.717) is 5.56 Å². The summed E-state index contributed by atoms with van der Waals surface area (Å²) in [5, 5.41) is 12.3. The highest BCUT2D eigenvalue weighted by molar-refractivity contribution is 5.82. The van der Waals surface area contributed by atoms with Gasteiger partial charge in [0.05, 0.1) is 0 Å². The summed E-state index contributed by atoms with van der Waals surface area (Å²) >= 11 is 0. The average molecular weight is 256 g/mol. The molecular formula is C15H16N2O2. The minimum atomic E-state index is -0.702. The fourth-order valence-corrected chi connectivity index (χ4v) is 1.76. The second-order valence-electron chi connectivity index (χ2n) is 4.23. The van der Waals surface area contributed by atoms with E-state index in [0.717, 1.165) is 5.56 Å². The van der Waals surface area contributed by atoms with E-state index >= 15 is 0 Å². The maximum Gasteiger partial charge on any atom is 0.241 e. The molecule has 98 valence electrons. The fraction of sp³-hybridized carbons (Fsp3) is 0.133. The van der Waals surface area contributed by atoms with Gasteiger partial charge < -0.3 is 16.2 Å². The Labute approximate surface area is 111 Å². The second-order valence-corrected chi connectivity index (χ2v) is 4.23. The normalized spacial score (nSPS) is 11.8. The van der Waals surface area contributed by atoms with Crippen molar-refractivity contribution in [2.24, 2.45) is 5.73 Å². The molecular weight excluding hydrogens is 240 g/mol. The van der Waals surface area contributed by atoms with Crippen LogP contribution in [0.15, 0.2) is 54.6 Å². The highest BCUT2D eigenvalue weighted by Gasteiger charge is 2.15. The van der Waals surface area contributed by atoms with Gasteiger partial charge in [0.1, 0.15) is 11.8 Å². The van der Waals surface area contributed by atoms with Crippen LogP contribution in [0.2, 0.25) is 0 Å². The molecule has 19 heavy (non-hydrogen) atoms. The first-order chi connectivity index (χ1) is 9.18. The van der Waals surface area contributed by atoms with Gasteiger partial charge in [-0.3, -0.25) is 4.79 Å². The first-order valence-corrected chi connectivity index (χ1v) is 6.03. The number of aromatic hydroxyl groups is 1. The second kappa shape index (κ2) is 6.02. The lowest BCUT2D eigenvalue weighted by atomic mass is 10.1. The molecule has 0 bridgehead atoms. The number of benzene rings is 2. The zero-order valence-electron chi connectivity index (χ0n) is 10.4. The first kappa shape index (κ1) is 13.1. The van der Waals surface area contributed by atoms with Crippen LogP contribution in [0.5, 0.6) is 5.75 Å². The van der Waals surface area contributed by atoms with Gasteiger partial charge in [-0.25, -0.2) is 0 Å². The number of hydrogen-bond donors (Lipinski definition) is 3. The number of hydrogen-bond acceptors (Lipinski definition) is 3. The van der Waals surface area contributed by atoms with Crippen LogP contribution in [0.4, 0.5) is 0 Å². The first-order valence-electron chi connectivity index (χ1n) is 6.03. The van der Waals surface area contributed by atoms with Crippen molar-refractivity contribution in [1.29, 1.82) is 0 Å². The Kier molecular flexibility index (Phi) is 4.15. The third-order valence-corrected chi connectivity index (χ3v) is 2.89. The molecule has 2 rings (SSSR count). The van der Waals surface area contributed by atoms with Crippen molar-refractivity contribution in [3.8, 4) is 5.75 Å². The standard InChI is InChI=1S/C15H16N2O2/c16-14(11-6-2-1-3-7-11)15(19)17-10-12-8-4-5-9-13(12)18/h1-9,14,18H,10,16H2,(H,17,19)/t14-/m1/s1. The number of phenols is 1. The molecule has 0 unspecified atom stereocenters. The van der Waals surface area contributed by atoms with E-state index < -0.39 is 6.04 Å². The van der Waals surface area contributed by atoms with Crippen molar-refractivity contribution in [2.45, 2.75) is 12.6 Å². The van der Waals surface area contributed by atoms with E-state index in [9.17, 15) is 9.90 Å². The van der Waals surface area contributed by atoms with Gasteiger partial charge in [0.2, 0.25) is 5.91 Å². The van der Waals surface area contributed by atoms with E-state index in [-0.39, 0.29) is 18.2 Å². The van der Waals surface area contributed by atoms with Gasteiger partial charge in [-0.05, 0) is 11.6 Å². The summed E-state index contributed by atoms with van der Waals surface area (Å²) in [6.45, 7) is 0.256. The third-order valence-electron chi connectivity index (χ3n) is 2.89. The Hall–Kier alpha value is -2.33. The minimum Gasteiger partial charge on any atom is -0.508 e. The van der Waals surface area contributed by atoms with Gasteiger partial charge in [0, 0.05) is 12.1 Å². The summed E-state index contributed by atoms with van der Waals surface area (Å²) in [6, 6.07) is 15.3. The minimum absolute atomic E-state index is 0.163. The number of phenolic OH excluding ortho intramolecular Hbond substituents is 1. The molecule has 2 aromatic carbocycles. The lowest BCUT2D eigenvalue weighted by molar-refractivity contribution is -0.122. The number of para-hydroxylation sites is 1. The zero-order chi connectivity index (χ0) is 13.7. The molecule has 0 fully saturated rings. The van der Waals surface area contributed by atoms with E-state index in [1.165, 1.54) is 0 Å². The van der Waals surface area contributed by atoms with Crippen molar-refractivity contribution in [3.05, 3.63) is 65.7 Å². The van der Waals surface area contributed by atoms with E-state index in [1.54, 1.807) is 24.3 Å². The fourth-order valence-electron chi connectivity index (χ4n) is 1.76. The van der Waals surface area contributed by atoms with Crippen LogP contribution in [-0.4, -0.2) is 11.0 Å². The molecule has 4 heteroatoms. The molecule has 1 amide bonds. The maximum absolute atomic E-state index is 11.9. The number of amides is 1. The third kappa shape index (κ3) is 3.33. The van der Waals surface area contributed by atoms with E-state index in [4.69, 9.17) is 5.73 Å². The van der Waals surface area contributed by atoms with Gasteiger partial charge in [-0.2, -0.15) is 0 Å². The number of carbonyl (C=O) groups excluding carboxylic acids is 1. The van der Waals surface area contributed by atoms with Crippen LogP contribution >= 0.6 is 0 Å². The summed E-state index contributed by atoms with van der Waals surface area (Å²) < 4.78 is 0. The Morgan fingerprint density at radius 2 is 1.74 bits per heavy atom. The largest absolute Gasteiger partial charge is 0.508 e. The highest BCUT2D eigenvalue weighted by atomic mass is 16.3. The van der Waals surface area contributed by atoms with Crippen LogP contribution in [0.1, 0.15) is 17.2 Å². The van der Waals surface area contributed by atoms with Crippen molar-refractivity contribution in [2.75, 3.05) is 0 Å². The Morgan fingerprint density at radius 1 is 1.11 bits per heavy atom. The average Bonchev–Trinajstić information content (AvgIpc) is 2.46. The molecule has 0 heterocycles. The molecule has 0 spiro atoms. The van der Waals surface area contributed by atoms with Crippen LogP contribution in [0, 0.1) is 0 Å². The number of carbonyl (C=O) groups is 1. The number of nitrogens with two attached hydrogens (primary N) is 1. The van der Waals surface area contributed by atoms with Gasteiger partial charge in [0.15, 0.2) is 0 Å². The summed E-state index contributed by atoms with van der Waals surface area (Å²) in [6.07, 6.45) is 0. The van der Waals surface area contributed by atoms with E-state index in [1.807, 2.05) is 30.3 Å².